The van der Waals surface area contributed by atoms with Crippen LogP contribution in [0.4, 0.5) is 0 Å². The maximum atomic E-state index is 13.3. The molecule has 0 bridgehead atoms. The molecule has 2 aliphatic carbocycles. The van der Waals surface area contributed by atoms with E-state index in [-0.39, 0.29) is 30.1 Å². The van der Waals surface area contributed by atoms with Gasteiger partial charge < -0.3 is 28.6 Å². The highest BCUT2D eigenvalue weighted by Crippen LogP contribution is 2.39. The van der Waals surface area contributed by atoms with E-state index in [1.165, 1.54) is 57.8 Å². The SMILES string of the molecule is CC1(C)OB(c2cnn(CCN3CCOCC3)c2)OC1(C)C.O=C(c1csc(-c2cnn(CCN3CCOCC3)c2)c1)N1CCCC2CCCCC21.O=C(c1csc(Br)c1)N1CC[CH+]C2CCCCC21. The van der Waals surface area contributed by atoms with Crippen molar-refractivity contribution in [2.45, 2.75) is 135 Å². The van der Waals surface area contributed by atoms with Crippen LogP contribution in [0.25, 0.3) is 10.4 Å². The first-order chi connectivity index (χ1) is 33.9. The van der Waals surface area contributed by atoms with Crippen molar-refractivity contribution in [2.75, 3.05) is 78.8 Å². The summed E-state index contributed by atoms with van der Waals surface area (Å²) in [5.41, 5.74) is 3.16. The van der Waals surface area contributed by atoms with E-state index in [1.54, 1.807) is 22.7 Å². The van der Waals surface area contributed by atoms with Gasteiger partial charge in [-0.25, -0.2) is 0 Å². The van der Waals surface area contributed by atoms with Crippen molar-refractivity contribution in [1.29, 1.82) is 0 Å². The number of halogens is 1. The molecule has 5 aliphatic heterocycles. The molecule has 2 amide bonds. The van der Waals surface area contributed by atoms with Crippen LogP contribution in [0.3, 0.4) is 0 Å². The zero-order chi connectivity index (χ0) is 48.7. The number of aromatic nitrogens is 4. The van der Waals surface area contributed by atoms with Crippen molar-refractivity contribution < 1.29 is 28.4 Å². The van der Waals surface area contributed by atoms with Gasteiger partial charge in [0.05, 0.1) is 90.8 Å². The van der Waals surface area contributed by atoms with Crippen LogP contribution in [0.15, 0.2) is 51.5 Å². The molecular formula is C52H75BBrN8O6S2+. The topological polar surface area (TPSA) is 120 Å². The molecule has 7 aliphatic rings. The van der Waals surface area contributed by atoms with E-state index < -0.39 is 0 Å². The Morgan fingerprint density at radius 3 is 1.93 bits per heavy atom. The van der Waals surface area contributed by atoms with Crippen LogP contribution in [0.1, 0.15) is 119 Å². The van der Waals surface area contributed by atoms with Crippen LogP contribution < -0.4 is 5.46 Å². The Labute approximate surface area is 433 Å². The van der Waals surface area contributed by atoms with Gasteiger partial charge in [-0.2, -0.15) is 10.2 Å². The van der Waals surface area contributed by atoms with Crippen molar-refractivity contribution in [3.05, 3.63) is 69.0 Å². The standard InChI is InChI=1S/C23H32N4O2S.C15H26BN3O3.C14H17BrNOS/c28-23(27-7-3-5-18-4-1-2-6-21(18)27)19-14-22(30-17-19)20-15-24-26(16-20)9-8-25-10-12-29-13-11-25;1-14(2)15(3,4)22-16(21-14)13-11-17-19(12-13)6-5-18-7-9-20-10-8-18;15-13-8-11(9-18-13)14(17)16-7-3-5-10-4-1-2-6-12(10)16/h14-18,21H,1-13H2;11-12H,5-10H2,1-4H3;5,8-10,12H,1-4,6-7H2/q;;+1. The van der Waals surface area contributed by atoms with Gasteiger partial charge >= 0.3 is 7.12 Å². The summed E-state index contributed by atoms with van der Waals surface area (Å²) in [5, 5.41) is 13.0. The van der Waals surface area contributed by atoms with Crippen LogP contribution >= 0.6 is 38.6 Å². The van der Waals surface area contributed by atoms with Crippen LogP contribution in [0, 0.1) is 18.3 Å². The minimum Gasteiger partial charge on any atom is -0.399 e. The summed E-state index contributed by atoms with van der Waals surface area (Å²) in [6, 6.07) is 4.94. The molecular weight excluding hydrogens is 987 g/mol. The van der Waals surface area contributed by atoms with Crippen molar-refractivity contribution in [2.24, 2.45) is 11.8 Å². The predicted octanol–water partition coefficient (Wildman–Crippen LogP) is 8.37. The Balaban J connectivity index is 0.000000135. The van der Waals surface area contributed by atoms with E-state index in [2.05, 4.69) is 92.1 Å². The molecule has 380 valence electrons. The number of likely N-dealkylation sites (tertiary alicyclic amines) is 2. The number of thiophene rings is 2. The second kappa shape index (κ2) is 23.9. The molecule has 18 heteroatoms. The fraction of sp³-hybridized carbons (Fsp3) is 0.673. The number of rotatable bonds is 10. The molecule has 5 saturated heterocycles. The van der Waals surface area contributed by atoms with Gasteiger partial charge in [0.25, 0.3) is 11.8 Å². The lowest BCUT2D eigenvalue weighted by Crippen LogP contribution is -2.49. The Kier molecular flexibility index (Phi) is 17.7. The molecule has 0 radical (unpaired) electrons. The highest BCUT2D eigenvalue weighted by Gasteiger charge is 2.52. The van der Waals surface area contributed by atoms with Gasteiger partial charge in [-0.15, -0.1) is 22.7 Å². The minimum absolute atomic E-state index is 0.224. The van der Waals surface area contributed by atoms with Crippen molar-refractivity contribution in [3.8, 4) is 10.4 Å². The number of amides is 2. The average Bonchev–Trinajstić information content (AvgIpc) is 4.25. The minimum atomic E-state index is -0.331. The molecule has 4 aromatic heterocycles. The second-order valence-corrected chi connectivity index (χ2v) is 24.4. The quantitative estimate of drug-likeness (QED) is 0.113. The summed E-state index contributed by atoms with van der Waals surface area (Å²) < 4.78 is 27.9. The Hall–Kier alpha value is -3.07. The number of piperidine rings is 2. The van der Waals surface area contributed by atoms with Gasteiger partial charge in [-0.05, 0) is 107 Å². The van der Waals surface area contributed by atoms with Crippen molar-refractivity contribution in [1.82, 2.24) is 39.2 Å². The van der Waals surface area contributed by atoms with Crippen LogP contribution in [0.5, 0.6) is 0 Å². The van der Waals surface area contributed by atoms with Crippen LogP contribution in [-0.2, 0) is 31.9 Å². The third-order valence-corrected chi connectivity index (χ3v) is 18.5. The van der Waals surface area contributed by atoms with Gasteiger partial charge in [-0.3, -0.25) is 28.8 Å². The Morgan fingerprint density at radius 2 is 1.26 bits per heavy atom. The number of nitrogens with zero attached hydrogens (tertiary/aromatic N) is 8. The molecule has 9 heterocycles. The summed E-state index contributed by atoms with van der Waals surface area (Å²) in [5.74, 6) is 1.81. The van der Waals surface area contributed by atoms with Gasteiger partial charge in [0.15, 0.2) is 0 Å². The number of carbonyl (C=O) groups is 2. The fourth-order valence-electron chi connectivity index (χ4n) is 11.2. The zero-order valence-electron chi connectivity index (χ0n) is 42.0. The van der Waals surface area contributed by atoms with Crippen molar-refractivity contribution in [3.63, 3.8) is 0 Å². The third-order valence-electron chi connectivity index (χ3n) is 16.0. The van der Waals surface area contributed by atoms with E-state index in [4.69, 9.17) is 18.8 Å². The molecule has 11 rings (SSSR count). The molecule has 14 nitrogen and oxygen atoms in total. The van der Waals surface area contributed by atoms with Gasteiger partial charge in [-0.1, -0.05) is 19.3 Å². The third kappa shape index (κ3) is 12.8. The maximum absolute atomic E-state index is 13.3. The van der Waals surface area contributed by atoms with E-state index in [1.807, 2.05) is 44.8 Å². The molecule has 4 aromatic rings. The van der Waals surface area contributed by atoms with Gasteiger partial charge in [0.2, 0.25) is 0 Å². The zero-order valence-corrected chi connectivity index (χ0v) is 45.2. The Bertz CT molecular complexity index is 2290. The van der Waals surface area contributed by atoms with Crippen molar-refractivity contribution >= 4 is 63.0 Å². The summed E-state index contributed by atoms with van der Waals surface area (Å²) in [4.78, 5) is 36.1. The van der Waals surface area contributed by atoms with E-state index in [0.29, 0.717) is 18.0 Å². The first kappa shape index (κ1) is 51.8. The fourth-order valence-corrected chi connectivity index (χ4v) is 13.2. The summed E-state index contributed by atoms with van der Waals surface area (Å²) in [7, 11) is -0.331. The number of morpholine rings is 2. The first-order valence-corrected chi connectivity index (χ1v) is 28.7. The van der Waals surface area contributed by atoms with Crippen LogP contribution in [-0.4, -0.2) is 160 Å². The lowest BCUT2D eigenvalue weighted by Gasteiger charge is -2.44. The number of fused-ring (bicyclic) bond motifs is 2. The lowest BCUT2D eigenvalue weighted by molar-refractivity contribution is 0.00578. The number of ether oxygens (including phenoxy) is 2. The molecule has 4 unspecified atom stereocenters. The van der Waals surface area contributed by atoms with Gasteiger partial charge in [0.1, 0.15) is 12.3 Å². The maximum Gasteiger partial charge on any atom is 0.498 e. The van der Waals surface area contributed by atoms with E-state index in [9.17, 15) is 9.59 Å². The van der Waals surface area contributed by atoms with E-state index in [0.717, 1.165) is 141 Å². The Morgan fingerprint density at radius 1 is 0.686 bits per heavy atom. The number of hydrogen-bond donors (Lipinski definition) is 0. The number of carbonyl (C=O) groups excluding carboxylic acids is 2. The molecule has 4 atom stereocenters. The normalized spacial score (nSPS) is 25.7. The summed E-state index contributed by atoms with van der Waals surface area (Å²) in [6.45, 7) is 21.2. The molecule has 2 saturated carbocycles. The molecule has 70 heavy (non-hydrogen) atoms. The molecule has 7 fully saturated rings. The highest BCUT2D eigenvalue weighted by molar-refractivity contribution is 9.11. The lowest BCUT2D eigenvalue weighted by atomic mass is 9.78. The number of hydrogen-bond acceptors (Lipinski definition) is 12. The molecule has 0 aromatic carbocycles. The largest absolute Gasteiger partial charge is 0.498 e. The molecule has 0 spiro atoms. The predicted molar refractivity (Wildman–Crippen MR) is 282 cm³/mol. The summed E-state index contributed by atoms with van der Waals surface area (Å²) >= 11 is 6.68. The van der Waals surface area contributed by atoms with Gasteiger partial charge in [0, 0.05) is 97.1 Å². The second-order valence-electron chi connectivity index (χ2n) is 21.2. The first-order valence-electron chi connectivity index (χ1n) is 26.2. The highest BCUT2D eigenvalue weighted by atomic mass is 79.9. The monoisotopic (exact) mass is 1060 g/mol. The van der Waals surface area contributed by atoms with E-state index >= 15 is 0 Å². The average molecular weight is 1060 g/mol. The molecule has 0 N–H and O–H groups in total. The summed E-state index contributed by atoms with van der Waals surface area (Å²) in [6.07, 6.45) is 24.0. The van der Waals surface area contributed by atoms with Crippen LogP contribution in [0.2, 0.25) is 0 Å². The smallest absolute Gasteiger partial charge is 0.399 e.